The van der Waals surface area contributed by atoms with Gasteiger partial charge in [-0.15, -0.1) is 0 Å². The van der Waals surface area contributed by atoms with Crippen molar-refractivity contribution in [2.45, 2.75) is 40.7 Å². The van der Waals surface area contributed by atoms with E-state index in [4.69, 9.17) is 4.74 Å². The number of allylic oxidation sites excluding steroid dienone is 1. The van der Waals surface area contributed by atoms with Crippen molar-refractivity contribution in [1.29, 1.82) is 0 Å². The summed E-state index contributed by atoms with van der Waals surface area (Å²) >= 11 is 0. The highest BCUT2D eigenvalue weighted by Gasteiger charge is 2.04. The van der Waals surface area contributed by atoms with Crippen LogP contribution in [0.2, 0.25) is 0 Å². The molecule has 1 aromatic carbocycles. The number of hydrogen-bond acceptors (Lipinski definition) is 2. The van der Waals surface area contributed by atoms with Crippen LogP contribution in [0.5, 0.6) is 5.75 Å². The van der Waals surface area contributed by atoms with Crippen LogP contribution in [0, 0.1) is 5.92 Å². The zero-order chi connectivity index (χ0) is 14.3. The summed E-state index contributed by atoms with van der Waals surface area (Å²) in [5, 5.41) is 3.48. The van der Waals surface area contributed by atoms with Crippen molar-refractivity contribution in [2.75, 3.05) is 13.2 Å². The summed E-state index contributed by atoms with van der Waals surface area (Å²) in [6.45, 7) is 12.4. The van der Waals surface area contributed by atoms with Gasteiger partial charge in [0.15, 0.2) is 0 Å². The molecule has 106 valence electrons. The van der Waals surface area contributed by atoms with Gasteiger partial charge in [0.05, 0.1) is 6.61 Å². The van der Waals surface area contributed by atoms with Gasteiger partial charge in [-0.25, -0.2) is 0 Å². The molecule has 0 radical (unpaired) electrons. The van der Waals surface area contributed by atoms with Gasteiger partial charge < -0.3 is 10.1 Å². The Morgan fingerprint density at radius 2 is 1.79 bits per heavy atom. The van der Waals surface area contributed by atoms with Crippen molar-refractivity contribution in [3.63, 3.8) is 0 Å². The lowest BCUT2D eigenvalue weighted by Gasteiger charge is -2.14. The monoisotopic (exact) mass is 261 g/mol. The van der Waals surface area contributed by atoms with E-state index in [0.29, 0.717) is 12.0 Å². The minimum absolute atomic E-state index is 0.356. The first-order valence-electron chi connectivity index (χ1n) is 7.08. The second kappa shape index (κ2) is 8.00. The highest BCUT2D eigenvalue weighted by atomic mass is 16.5. The van der Waals surface area contributed by atoms with Gasteiger partial charge in [0.1, 0.15) is 5.75 Å². The Balaban J connectivity index is 2.48. The van der Waals surface area contributed by atoms with Gasteiger partial charge in [-0.05, 0) is 44.4 Å². The van der Waals surface area contributed by atoms with Gasteiger partial charge in [-0.1, -0.05) is 37.6 Å². The third-order valence-corrected chi connectivity index (χ3v) is 2.90. The highest BCUT2D eigenvalue weighted by Crippen LogP contribution is 2.18. The standard InChI is InChI=1S/C17H27NO/c1-13(2)10-11-18-15(5)16-6-8-17(9-7-16)19-12-14(3)4/h6-10,14-15,18H,11-12H2,1-5H3. The fourth-order valence-corrected chi connectivity index (χ4v) is 1.67. The van der Waals surface area contributed by atoms with Gasteiger partial charge in [0, 0.05) is 12.6 Å². The zero-order valence-electron chi connectivity index (χ0n) is 12.9. The summed E-state index contributed by atoms with van der Waals surface area (Å²) in [5.74, 6) is 1.51. The predicted molar refractivity (Wildman–Crippen MR) is 82.6 cm³/mol. The molecule has 1 N–H and O–H groups in total. The van der Waals surface area contributed by atoms with Gasteiger partial charge in [-0.3, -0.25) is 0 Å². The SMILES string of the molecule is CC(C)=CCNC(C)c1ccc(OCC(C)C)cc1. The molecular weight excluding hydrogens is 234 g/mol. The molecule has 0 spiro atoms. The quantitative estimate of drug-likeness (QED) is 0.737. The van der Waals surface area contributed by atoms with E-state index in [0.717, 1.165) is 18.9 Å². The molecule has 0 bridgehead atoms. The average Bonchev–Trinajstić information content (AvgIpc) is 2.36. The van der Waals surface area contributed by atoms with Crippen LogP contribution < -0.4 is 10.1 Å². The van der Waals surface area contributed by atoms with Crippen LogP contribution in [0.1, 0.15) is 46.2 Å². The fraction of sp³-hybridized carbons (Fsp3) is 0.529. The van der Waals surface area contributed by atoms with E-state index in [1.807, 2.05) is 0 Å². The van der Waals surface area contributed by atoms with E-state index in [1.54, 1.807) is 0 Å². The molecule has 0 amide bonds. The maximum atomic E-state index is 5.68. The number of ether oxygens (including phenoxy) is 1. The van der Waals surface area contributed by atoms with Crippen LogP contribution in [0.4, 0.5) is 0 Å². The molecule has 2 heteroatoms. The Labute approximate surface area is 117 Å². The molecule has 0 aliphatic carbocycles. The Morgan fingerprint density at radius 3 is 2.32 bits per heavy atom. The minimum atomic E-state index is 0.356. The van der Waals surface area contributed by atoms with Crippen LogP contribution in [0.25, 0.3) is 0 Å². The van der Waals surface area contributed by atoms with E-state index in [-0.39, 0.29) is 0 Å². The van der Waals surface area contributed by atoms with Gasteiger partial charge in [0.2, 0.25) is 0 Å². The summed E-state index contributed by atoms with van der Waals surface area (Å²) in [6, 6.07) is 8.73. The molecule has 0 heterocycles. The lowest BCUT2D eigenvalue weighted by atomic mass is 10.1. The Kier molecular flexibility index (Phi) is 6.65. The molecule has 0 saturated heterocycles. The second-order valence-corrected chi connectivity index (χ2v) is 5.69. The lowest BCUT2D eigenvalue weighted by Crippen LogP contribution is -2.18. The maximum Gasteiger partial charge on any atom is 0.119 e. The normalized spacial score (nSPS) is 12.3. The Hall–Kier alpha value is -1.28. The predicted octanol–water partition coefficient (Wildman–Crippen LogP) is 4.34. The van der Waals surface area contributed by atoms with E-state index < -0.39 is 0 Å². The van der Waals surface area contributed by atoms with E-state index in [9.17, 15) is 0 Å². The molecular formula is C17H27NO. The fourth-order valence-electron chi connectivity index (χ4n) is 1.67. The molecule has 2 nitrogen and oxygen atoms in total. The topological polar surface area (TPSA) is 21.3 Å². The van der Waals surface area contributed by atoms with E-state index in [2.05, 4.69) is 70.3 Å². The third-order valence-electron chi connectivity index (χ3n) is 2.90. The molecule has 0 saturated carbocycles. The molecule has 0 aliphatic rings. The first-order chi connectivity index (χ1) is 8.99. The Morgan fingerprint density at radius 1 is 1.16 bits per heavy atom. The Bertz CT molecular complexity index is 388. The van der Waals surface area contributed by atoms with Crippen LogP contribution in [0.3, 0.4) is 0 Å². The smallest absolute Gasteiger partial charge is 0.119 e. The van der Waals surface area contributed by atoms with Crippen LogP contribution in [0.15, 0.2) is 35.9 Å². The first-order valence-corrected chi connectivity index (χ1v) is 7.08. The molecule has 1 aromatic rings. The van der Waals surface area contributed by atoms with Crippen molar-refractivity contribution in [1.82, 2.24) is 5.32 Å². The van der Waals surface area contributed by atoms with Crippen LogP contribution in [-0.4, -0.2) is 13.2 Å². The van der Waals surface area contributed by atoms with Gasteiger partial charge in [-0.2, -0.15) is 0 Å². The summed E-state index contributed by atoms with van der Waals surface area (Å²) in [5.41, 5.74) is 2.64. The van der Waals surface area contributed by atoms with Crippen molar-refractivity contribution in [2.24, 2.45) is 5.92 Å². The van der Waals surface area contributed by atoms with Gasteiger partial charge in [0.25, 0.3) is 0 Å². The number of hydrogen-bond donors (Lipinski definition) is 1. The van der Waals surface area contributed by atoms with Crippen molar-refractivity contribution in [3.05, 3.63) is 41.5 Å². The van der Waals surface area contributed by atoms with Crippen LogP contribution in [-0.2, 0) is 0 Å². The van der Waals surface area contributed by atoms with Crippen molar-refractivity contribution < 1.29 is 4.74 Å². The molecule has 0 fully saturated rings. The lowest BCUT2D eigenvalue weighted by molar-refractivity contribution is 0.271. The number of rotatable bonds is 7. The molecule has 0 aliphatic heterocycles. The second-order valence-electron chi connectivity index (χ2n) is 5.69. The average molecular weight is 261 g/mol. The van der Waals surface area contributed by atoms with Gasteiger partial charge >= 0.3 is 0 Å². The molecule has 0 aromatic heterocycles. The summed E-state index contributed by atoms with van der Waals surface area (Å²) < 4.78 is 5.68. The summed E-state index contributed by atoms with van der Waals surface area (Å²) in [7, 11) is 0. The largest absolute Gasteiger partial charge is 0.493 e. The number of benzene rings is 1. The van der Waals surface area contributed by atoms with E-state index >= 15 is 0 Å². The van der Waals surface area contributed by atoms with E-state index in [1.165, 1.54) is 11.1 Å². The number of nitrogens with one attached hydrogen (secondary N) is 1. The molecule has 1 rings (SSSR count). The highest BCUT2D eigenvalue weighted by molar-refractivity contribution is 5.29. The zero-order valence-corrected chi connectivity index (χ0v) is 12.9. The van der Waals surface area contributed by atoms with Crippen molar-refractivity contribution in [3.8, 4) is 5.75 Å². The summed E-state index contributed by atoms with van der Waals surface area (Å²) in [6.07, 6.45) is 2.20. The minimum Gasteiger partial charge on any atom is -0.493 e. The van der Waals surface area contributed by atoms with Crippen molar-refractivity contribution >= 4 is 0 Å². The molecule has 1 atom stereocenters. The maximum absolute atomic E-state index is 5.68. The first kappa shape index (κ1) is 15.8. The van der Waals surface area contributed by atoms with Crippen LogP contribution >= 0.6 is 0 Å². The molecule has 1 unspecified atom stereocenters. The summed E-state index contributed by atoms with van der Waals surface area (Å²) in [4.78, 5) is 0. The third kappa shape index (κ3) is 6.44. The molecule has 19 heavy (non-hydrogen) atoms.